The van der Waals surface area contributed by atoms with E-state index in [2.05, 4.69) is 0 Å². The third-order valence-corrected chi connectivity index (χ3v) is 4.86. The molecule has 26 heavy (non-hydrogen) atoms. The van der Waals surface area contributed by atoms with Gasteiger partial charge in [0.05, 0.1) is 12.5 Å². The van der Waals surface area contributed by atoms with Gasteiger partial charge in [0.15, 0.2) is 0 Å². The summed E-state index contributed by atoms with van der Waals surface area (Å²) in [6.07, 6.45) is 1.02. The molecule has 0 saturated carbocycles. The maximum absolute atomic E-state index is 12.8. The first-order chi connectivity index (χ1) is 12.5. The van der Waals surface area contributed by atoms with E-state index in [0.29, 0.717) is 24.2 Å². The molecule has 0 spiro atoms. The molecule has 0 aromatic heterocycles. The number of hydrogen-bond donors (Lipinski definition) is 2. The molecule has 1 aliphatic heterocycles. The summed E-state index contributed by atoms with van der Waals surface area (Å²) in [5, 5.41) is 19.6. The second-order valence-electron chi connectivity index (χ2n) is 6.78. The Morgan fingerprint density at radius 1 is 1.12 bits per heavy atom. The summed E-state index contributed by atoms with van der Waals surface area (Å²) < 4.78 is 0. The summed E-state index contributed by atoms with van der Waals surface area (Å²) in [5.41, 5.74) is 1.98. The van der Waals surface area contributed by atoms with Crippen LogP contribution in [0.15, 0.2) is 54.6 Å². The van der Waals surface area contributed by atoms with Gasteiger partial charge in [-0.15, -0.1) is 0 Å². The Labute approximate surface area is 152 Å². The van der Waals surface area contributed by atoms with Gasteiger partial charge in [-0.25, -0.2) is 0 Å². The number of carboxylic acid groups (broad SMARTS) is 1. The zero-order valence-electron chi connectivity index (χ0n) is 14.5. The van der Waals surface area contributed by atoms with E-state index in [0.717, 1.165) is 18.4 Å². The number of aliphatic hydroxyl groups is 1. The van der Waals surface area contributed by atoms with Crippen LogP contribution in [0.4, 0.5) is 0 Å². The van der Waals surface area contributed by atoms with Crippen molar-refractivity contribution in [2.24, 2.45) is 5.92 Å². The highest BCUT2D eigenvalue weighted by atomic mass is 16.4. The second kappa shape index (κ2) is 8.15. The monoisotopic (exact) mass is 353 g/mol. The standard InChI is InChI=1S/C21H23NO4/c23-19(24)13-15-6-4-9-17(12-15)21(26)22-11-5-10-18(14-22)20(25)16-7-2-1-3-8-16/h1-4,6-9,12,18,20,25H,5,10-11,13-14H2,(H,23,24). The van der Waals surface area contributed by atoms with E-state index in [9.17, 15) is 14.7 Å². The van der Waals surface area contributed by atoms with Crippen LogP contribution in [0, 0.1) is 5.92 Å². The summed E-state index contributed by atoms with van der Waals surface area (Å²) in [6.45, 7) is 1.15. The Kier molecular flexibility index (Phi) is 5.68. The summed E-state index contributed by atoms with van der Waals surface area (Å²) in [4.78, 5) is 25.5. The molecule has 1 saturated heterocycles. The summed E-state index contributed by atoms with van der Waals surface area (Å²) in [6, 6.07) is 16.3. The van der Waals surface area contributed by atoms with Crippen molar-refractivity contribution in [2.45, 2.75) is 25.4 Å². The molecule has 2 atom stereocenters. The van der Waals surface area contributed by atoms with Crippen LogP contribution < -0.4 is 0 Å². The first-order valence-electron chi connectivity index (χ1n) is 8.87. The lowest BCUT2D eigenvalue weighted by atomic mass is 9.88. The van der Waals surface area contributed by atoms with Gasteiger partial charge in [0.25, 0.3) is 5.91 Å². The average Bonchev–Trinajstić information content (AvgIpc) is 2.67. The molecule has 136 valence electrons. The summed E-state index contributed by atoms with van der Waals surface area (Å²) in [5.74, 6) is -1.03. The minimum Gasteiger partial charge on any atom is -0.481 e. The zero-order chi connectivity index (χ0) is 18.5. The van der Waals surface area contributed by atoms with Crippen LogP contribution in [0.3, 0.4) is 0 Å². The Hall–Kier alpha value is -2.66. The number of amides is 1. The van der Waals surface area contributed by atoms with Crippen LogP contribution in [-0.4, -0.2) is 40.1 Å². The van der Waals surface area contributed by atoms with E-state index < -0.39 is 12.1 Å². The van der Waals surface area contributed by atoms with Gasteiger partial charge < -0.3 is 15.1 Å². The lowest BCUT2D eigenvalue weighted by Gasteiger charge is -2.35. The third-order valence-electron chi connectivity index (χ3n) is 4.86. The normalized spacial score (nSPS) is 18.3. The largest absolute Gasteiger partial charge is 0.481 e. The highest BCUT2D eigenvalue weighted by Crippen LogP contribution is 2.30. The number of hydrogen-bond acceptors (Lipinski definition) is 3. The molecular weight excluding hydrogens is 330 g/mol. The van der Waals surface area contributed by atoms with Crippen LogP contribution >= 0.6 is 0 Å². The minimum atomic E-state index is -0.918. The Bertz CT molecular complexity index is 775. The van der Waals surface area contributed by atoms with E-state index in [4.69, 9.17) is 5.11 Å². The molecule has 2 aromatic rings. The second-order valence-corrected chi connectivity index (χ2v) is 6.78. The summed E-state index contributed by atoms with van der Waals surface area (Å²) in [7, 11) is 0. The SMILES string of the molecule is O=C(O)Cc1cccc(C(=O)N2CCCC(C(O)c3ccccc3)C2)c1. The van der Waals surface area contributed by atoms with Crippen molar-refractivity contribution >= 4 is 11.9 Å². The van der Waals surface area contributed by atoms with Gasteiger partial charge in [0.1, 0.15) is 0 Å². The number of benzene rings is 2. The number of carbonyl (C=O) groups is 2. The van der Waals surface area contributed by atoms with Crippen molar-refractivity contribution < 1.29 is 19.8 Å². The fourth-order valence-electron chi connectivity index (χ4n) is 3.55. The smallest absolute Gasteiger partial charge is 0.307 e. The fraction of sp³-hybridized carbons (Fsp3) is 0.333. The van der Waals surface area contributed by atoms with E-state index in [-0.39, 0.29) is 18.2 Å². The zero-order valence-corrected chi connectivity index (χ0v) is 14.5. The van der Waals surface area contributed by atoms with Crippen molar-refractivity contribution in [1.29, 1.82) is 0 Å². The van der Waals surface area contributed by atoms with Crippen LogP contribution in [0.5, 0.6) is 0 Å². The molecule has 0 bridgehead atoms. The number of rotatable bonds is 5. The average molecular weight is 353 g/mol. The van der Waals surface area contributed by atoms with Crippen molar-refractivity contribution in [1.82, 2.24) is 4.90 Å². The molecule has 0 aliphatic carbocycles. The molecule has 1 amide bonds. The maximum atomic E-state index is 12.8. The van der Waals surface area contributed by atoms with Crippen molar-refractivity contribution in [3.63, 3.8) is 0 Å². The number of aliphatic hydroxyl groups excluding tert-OH is 1. The molecule has 1 fully saturated rings. The molecular formula is C21H23NO4. The fourth-order valence-corrected chi connectivity index (χ4v) is 3.55. The van der Waals surface area contributed by atoms with Crippen LogP contribution in [-0.2, 0) is 11.2 Å². The molecule has 0 radical (unpaired) electrons. The molecule has 2 unspecified atom stereocenters. The van der Waals surface area contributed by atoms with Gasteiger partial charge in [-0.3, -0.25) is 9.59 Å². The minimum absolute atomic E-state index is 0.00250. The molecule has 2 N–H and O–H groups in total. The predicted octanol–water partition coefficient (Wildman–Crippen LogP) is 2.90. The van der Waals surface area contributed by atoms with E-state index in [1.807, 2.05) is 30.3 Å². The Balaban J connectivity index is 1.71. The predicted molar refractivity (Wildman–Crippen MR) is 97.8 cm³/mol. The number of aliphatic carboxylic acids is 1. The number of nitrogens with zero attached hydrogens (tertiary/aromatic N) is 1. The summed E-state index contributed by atoms with van der Waals surface area (Å²) >= 11 is 0. The lowest BCUT2D eigenvalue weighted by Crippen LogP contribution is -2.41. The molecule has 1 aliphatic rings. The van der Waals surface area contributed by atoms with Gasteiger partial charge in [-0.1, -0.05) is 42.5 Å². The molecule has 1 heterocycles. The van der Waals surface area contributed by atoms with Gasteiger partial charge in [-0.05, 0) is 36.1 Å². The van der Waals surface area contributed by atoms with E-state index in [1.54, 1.807) is 29.2 Å². The van der Waals surface area contributed by atoms with Crippen molar-refractivity contribution in [3.05, 3.63) is 71.3 Å². The number of carbonyl (C=O) groups excluding carboxylic acids is 1. The first-order valence-corrected chi connectivity index (χ1v) is 8.87. The molecule has 5 heteroatoms. The third kappa shape index (κ3) is 4.29. The van der Waals surface area contributed by atoms with E-state index in [1.165, 1.54) is 0 Å². The quantitative estimate of drug-likeness (QED) is 0.866. The van der Waals surface area contributed by atoms with Gasteiger partial charge >= 0.3 is 5.97 Å². The Morgan fingerprint density at radius 3 is 2.62 bits per heavy atom. The van der Waals surface area contributed by atoms with Crippen molar-refractivity contribution in [3.8, 4) is 0 Å². The maximum Gasteiger partial charge on any atom is 0.307 e. The van der Waals surface area contributed by atoms with Crippen LogP contribution in [0.25, 0.3) is 0 Å². The van der Waals surface area contributed by atoms with Gasteiger partial charge in [-0.2, -0.15) is 0 Å². The first kappa shape index (κ1) is 18.1. The Morgan fingerprint density at radius 2 is 1.88 bits per heavy atom. The highest BCUT2D eigenvalue weighted by Gasteiger charge is 2.29. The van der Waals surface area contributed by atoms with Crippen LogP contribution in [0.2, 0.25) is 0 Å². The molecule has 5 nitrogen and oxygen atoms in total. The lowest BCUT2D eigenvalue weighted by molar-refractivity contribution is -0.136. The molecule has 2 aromatic carbocycles. The number of carboxylic acids is 1. The topological polar surface area (TPSA) is 77.8 Å². The van der Waals surface area contributed by atoms with Crippen LogP contribution in [0.1, 0.15) is 40.4 Å². The highest BCUT2D eigenvalue weighted by molar-refractivity contribution is 5.94. The van der Waals surface area contributed by atoms with Crippen molar-refractivity contribution in [2.75, 3.05) is 13.1 Å². The number of piperidine rings is 1. The van der Waals surface area contributed by atoms with Gasteiger partial charge in [0, 0.05) is 24.6 Å². The van der Waals surface area contributed by atoms with E-state index >= 15 is 0 Å². The van der Waals surface area contributed by atoms with Gasteiger partial charge in [0.2, 0.25) is 0 Å². The molecule has 3 rings (SSSR count). The number of likely N-dealkylation sites (tertiary alicyclic amines) is 1.